The monoisotopic (exact) mass is 485 g/mol. The Hall–Kier alpha value is -3.59. The number of hydrogen-bond donors (Lipinski definition) is 1. The maximum Gasteiger partial charge on any atom is 0.223 e. The van der Waals surface area contributed by atoms with Crippen molar-refractivity contribution >= 4 is 17.8 Å². The van der Waals surface area contributed by atoms with Crippen molar-refractivity contribution in [3.8, 4) is 11.5 Å². The second-order valence-corrected chi connectivity index (χ2v) is 8.48. The SMILES string of the molecule is COc1ccc(CC[NH+](C)CCCN2CC(c3ccccc3)CC2=O)cc1OC.O=C([O-])C(=O)[O-]. The Balaban J connectivity index is 0.000000641. The van der Waals surface area contributed by atoms with Crippen LogP contribution in [-0.4, -0.2) is 70.2 Å². The lowest BCUT2D eigenvalue weighted by Gasteiger charge is -2.19. The van der Waals surface area contributed by atoms with Crippen LogP contribution in [0.1, 0.15) is 29.9 Å². The van der Waals surface area contributed by atoms with Crippen molar-refractivity contribution in [1.29, 1.82) is 0 Å². The lowest BCUT2D eigenvalue weighted by molar-refractivity contribution is -0.879. The number of carbonyl (C=O) groups is 3. The molecular formula is C26H33N2O7-. The molecule has 2 atom stereocenters. The second-order valence-electron chi connectivity index (χ2n) is 8.48. The van der Waals surface area contributed by atoms with Crippen LogP contribution in [0, 0.1) is 0 Å². The van der Waals surface area contributed by atoms with E-state index in [0.29, 0.717) is 18.2 Å². The Morgan fingerprint density at radius 1 is 1.00 bits per heavy atom. The minimum absolute atomic E-state index is 0.293. The van der Waals surface area contributed by atoms with E-state index in [2.05, 4.69) is 43.4 Å². The molecule has 1 fully saturated rings. The molecule has 1 N–H and O–H groups in total. The van der Waals surface area contributed by atoms with Gasteiger partial charge in [-0.15, -0.1) is 0 Å². The van der Waals surface area contributed by atoms with Crippen molar-refractivity contribution < 1.29 is 39.0 Å². The zero-order valence-corrected chi connectivity index (χ0v) is 20.5. The molecule has 190 valence electrons. The standard InChI is InChI=1S/C24H32N2O3.C2H2O4/c1-25(15-12-19-10-11-22(28-2)23(16-19)29-3)13-7-14-26-18-21(17-24(26)27)20-8-5-4-6-9-20;3-1(4)2(5)6/h4-6,8-11,16,21H,7,12-15,17-18H2,1-3H3;(H,3,4)(H,5,6)/p-1. The third-order valence-corrected chi connectivity index (χ3v) is 5.97. The smallest absolute Gasteiger partial charge is 0.223 e. The number of likely N-dealkylation sites (tertiary alicyclic amines) is 1. The van der Waals surface area contributed by atoms with E-state index >= 15 is 0 Å². The van der Waals surface area contributed by atoms with Crippen LogP contribution in [0.2, 0.25) is 0 Å². The molecule has 1 heterocycles. The number of amides is 1. The molecule has 0 bridgehead atoms. The summed E-state index contributed by atoms with van der Waals surface area (Å²) in [6, 6.07) is 16.5. The van der Waals surface area contributed by atoms with Crippen LogP contribution in [0.25, 0.3) is 0 Å². The molecule has 0 saturated carbocycles. The van der Waals surface area contributed by atoms with E-state index in [1.165, 1.54) is 16.0 Å². The number of hydrogen-bond acceptors (Lipinski definition) is 7. The molecule has 2 unspecified atom stereocenters. The van der Waals surface area contributed by atoms with Crippen molar-refractivity contribution in [2.75, 3.05) is 47.4 Å². The average molecular weight is 486 g/mol. The molecule has 2 aromatic carbocycles. The van der Waals surface area contributed by atoms with E-state index in [1.807, 2.05) is 17.0 Å². The highest BCUT2D eigenvalue weighted by atomic mass is 16.5. The minimum Gasteiger partial charge on any atom is -0.543 e. The number of methoxy groups -OCH3 is 2. The van der Waals surface area contributed by atoms with Crippen molar-refractivity contribution in [1.82, 2.24) is 4.90 Å². The fourth-order valence-electron chi connectivity index (χ4n) is 4.03. The number of likely N-dealkylation sites (N-methyl/N-ethyl adjacent to an activating group) is 1. The maximum atomic E-state index is 12.4. The number of benzene rings is 2. The number of carboxylic acid groups (broad SMARTS) is 2. The predicted molar refractivity (Wildman–Crippen MR) is 125 cm³/mol. The van der Waals surface area contributed by atoms with E-state index in [0.717, 1.165) is 50.5 Å². The predicted octanol–water partition coefficient (Wildman–Crippen LogP) is -1.35. The summed E-state index contributed by atoms with van der Waals surface area (Å²) in [6.45, 7) is 3.83. The molecule has 0 aliphatic carbocycles. The molecule has 3 rings (SSSR count). The first-order valence-corrected chi connectivity index (χ1v) is 11.5. The Bertz CT molecular complexity index is 969. The normalized spacial score (nSPS) is 15.7. The van der Waals surface area contributed by atoms with Gasteiger partial charge in [0.25, 0.3) is 0 Å². The number of nitrogens with zero attached hydrogens (tertiary/aromatic N) is 1. The average Bonchev–Trinajstić information content (AvgIpc) is 3.23. The molecule has 9 nitrogen and oxygen atoms in total. The minimum atomic E-state index is -2.19. The first-order valence-electron chi connectivity index (χ1n) is 11.5. The Labute approximate surface area is 205 Å². The molecule has 35 heavy (non-hydrogen) atoms. The molecule has 0 aromatic heterocycles. The number of carboxylic acids is 2. The molecule has 1 amide bonds. The summed E-state index contributed by atoms with van der Waals surface area (Å²) >= 11 is 0. The summed E-state index contributed by atoms with van der Waals surface area (Å²) in [5.41, 5.74) is 2.53. The molecule has 1 saturated heterocycles. The van der Waals surface area contributed by atoms with Crippen LogP contribution in [0.4, 0.5) is 0 Å². The molecule has 9 heteroatoms. The summed E-state index contributed by atoms with van der Waals surface area (Å²) in [5, 5.41) is 17.9. The van der Waals surface area contributed by atoms with Gasteiger partial charge in [-0.25, -0.2) is 0 Å². The van der Waals surface area contributed by atoms with Crippen molar-refractivity contribution in [3.63, 3.8) is 0 Å². The zero-order valence-electron chi connectivity index (χ0n) is 20.5. The molecular weight excluding hydrogens is 452 g/mol. The summed E-state index contributed by atoms with van der Waals surface area (Å²) in [5.74, 6) is -2.19. The maximum absolute atomic E-state index is 12.4. The van der Waals surface area contributed by atoms with Crippen LogP contribution in [0.5, 0.6) is 11.5 Å². The van der Waals surface area contributed by atoms with Gasteiger partial charge >= 0.3 is 0 Å². The van der Waals surface area contributed by atoms with Gasteiger partial charge in [-0.2, -0.15) is 0 Å². The van der Waals surface area contributed by atoms with E-state index in [-0.39, 0.29) is 0 Å². The highest BCUT2D eigenvalue weighted by Crippen LogP contribution is 2.28. The number of ether oxygens (including phenoxy) is 2. The van der Waals surface area contributed by atoms with Crippen molar-refractivity contribution in [2.45, 2.75) is 25.2 Å². The number of aliphatic carboxylic acids is 2. The van der Waals surface area contributed by atoms with Crippen LogP contribution >= 0.6 is 0 Å². The molecule has 2 aromatic rings. The Morgan fingerprint density at radius 3 is 2.26 bits per heavy atom. The first kappa shape index (κ1) is 27.7. The number of quaternary nitrogens is 1. The van der Waals surface area contributed by atoms with Gasteiger partial charge in [0.2, 0.25) is 5.91 Å². The van der Waals surface area contributed by atoms with Gasteiger partial charge in [-0.3, -0.25) is 4.79 Å². The third-order valence-electron chi connectivity index (χ3n) is 5.97. The van der Waals surface area contributed by atoms with Gasteiger partial charge in [-0.05, 0) is 23.3 Å². The molecule has 1 aliphatic rings. The summed E-state index contributed by atoms with van der Waals surface area (Å²) in [7, 11) is 5.54. The lowest BCUT2D eigenvalue weighted by atomic mass is 9.99. The van der Waals surface area contributed by atoms with E-state index in [1.54, 1.807) is 14.2 Å². The Morgan fingerprint density at radius 2 is 1.66 bits per heavy atom. The highest BCUT2D eigenvalue weighted by molar-refractivity contribution is 6.25. The molecule has 1 aliphatic heterocycles. The third kappa shape index (κ3) is 8.94. The van der Waals surface area contributed by atoms with Crippen LogP contribution in [-0.2, 0) is 20.8 Å². The van der Waals surface area contributed by atoms with Gasteiger partial charge in [0.15, 0.2) is 11.5 Å². The van der Waals surface area contributed by atoms with Gasteiger partial charge in [0.1, 0.15) is 0 Å². The van der Waals surface area contributed by atoms with Crippen LogP contribution < -0.4 is 24.6 Å². The van der Waals surface area contributed by atoms with E-state index in [4.69, 9.17) is 29.3 Å². The van der Waals surface area contributed by atoms with Crippen molar-refractivity contribution in [3.05, 3.63) is 59.7 Å². The van der Waals surface area contributed by atoms with E-state index in [9.17, 15) is 4.79 Å². The Kier molecular flexibility index (Phi) is 11.0. The number of rotatable bonds is 10. The molecule has 0 radical (unpaired) electrons. The number of nitrogens with one attached hydrogen (secondary N) is 1. The topological polar surface area (TPSA) is 123 Å². The summed E-state index contributed by atoms with van der Waals surface area (Å²) < 4.78 is 10.7. The lowest BCUT2D eigenvalue weighted by Crippen LogP contribution is -3.09. The van der Waals surface area contributed by atoms with E-state index < -0.39 is 11.9 Å². The van der Waals surface area contributed by atoms with Crippen LogP contribution in [0.3, 0.4) is 0 Å². The van der Waals surface area contributed by atoms with Crippen LogP contribution in [0.15, 0.2) is 48.5 Å². The quantitative estimate of drug-likeness (QED) is 0.413. The summed E-state index contributed by atoms with van der Waals surface area (Å²) in [4.78, 5) is 33.7. The zero-order chi connectivity index (χ0) is 25.8. The highest BCUT2D eigenvalue weighted by Gasteiger charge is 2.30. The van der Waals surface area contributed by atoms with Gasteiger partial charge in [0.05, 0.1) is 46.3 Å². The second kappa shape index (κ2) is 14.0. The van der Waals surface area contributed by atoms with Gasteiger partial charge in [-0.1, -0.05) is 36.4 Å². The molecule has 0 spiro atoms. The van der Waals surface area contributed by atoms with Gasteiger partial charge < -0.3 is 39.1 Å². The first-order chi connectivity index (χ1) is 16.7. The van der Waals surface area contributed by atoms with Crippen molar-refractivity contribution in [2.24, 2.45) is 0 Å². The summed E-state index contributed by atoms with van der Waals surface area (Å²) in [6.07, 6.45) is 2.67. The van der Waals surface area contributed by atoms with Gasteiger partial charge in [0, 0.05) is 38.3 Å². The fraction of sp³-hybridized carbons (Fsp3) is 0.423. The largest absolute Gasteiger partial charge is 0.543 e. The fourth-order valence-corrected chi connectivity index (χ4v) is 4.03. The number of carbonyl (C=O) groups excluding carboxylic acids is 3.